The quantitative estimate of drug-likeness (QED) is 0.597. The predicted octanol–water partition coefficient (Wildman–Crippen LogP) is 4.16. The number of nitrogens with one attached hydrogen (secondary N) is 1. The van der Waals surface area contributed by atoms with Crippen LogP contribution in [0.25, 0.3) is 33.3 Å². The fourth-order valence-electron chi connectivity index (χ4n) is 3.63. The zero-order valence-corrected chi connectivity index (χ0v) is 15.4. The molecule has 0 saturated heterocycles. The summed E-state index contributed by atoms with van der Waals surface area (Å²) in [6, 6.07) is 4.29. The number of benzene rings is 1. The minimum atomic E-state index is 0.818. The average molecular weight is 335 g/mol. The normalized spacial score (nSPS) is 11.6. The Morgan fingerprint density at radius 1 is 1.00 bits per heavy atom. The standard InChI is InChI=1S/C19H21N5O/c1-9-17(11(3)24(6)22-9)15-7-14(18-10(2)23-25-12(18)4)8-16-19(15)21-13(5)20-16/h7-8H,1-6H3,(H,20,21). The number of aromatic nitrogens is 5. The van der Waals surface area contributed by atoms with Crippen molar-refractivity contribution in [3.63, 3.8) is 0 Å². The van der Waals surface area contributed by atoms with E-state index >= 15 is 0 Å². The summed E-state index contributed by atoms with van der Waals surface area (Å²) < 4.78 is 7.29. The molecule has 128 valence electrons. The Balaban J connectivity index is 2.10. The van der Waals surface area contributed by atoms with Crippen molar-refractivity contribution in [2.24, 2.45) is 7.05 Å². The topological polar surface area (TPSA) is 72.5 Å². The van der Waals surface area contributed by atoms with Crippen LogP contribution in [0.4, 0.5) is 0 Å². The monoisotopic (exact) mass is 335 g/mol. The number of aromatic amines is 1. The molecule has 0 atom stereocenters. The van der Waals surface area contributed by atoms with Crippen LogP contribution in [0.5, 0.6) is 0 Å². The molecule has 0 aliphatic rings. The van der Waals surface area contributed by atoms with Gasteiger partial charge in [-0.1, -0.05) is 5.16 Å². The lowest BCUT2D eigenvalue weighted by molar-refractivity contribution is 0.393. The van der Waals surface area contributed by atoms with Gasteiger partial charge in [0.15, 0.2) is 0 Å². The fourth-order valence-corrected chi connectivity index (χ4v) is 3.63. The summed E-state index contributed by atoms with van der Waals surface area (Å²) in [6.07, 6.45) is 0. The lowest BCUT2D eigenvalue weighted by Crippen LogP contribution is -1.93. The molecule has 0 aliphatic heterocycles. The molecule has 0 bridgehead atoms. The van der Waals surface area contributed by atoms with Gasteiger partial charge in [-0.15, -0.1) is 0 Å². The van der Waals surface area contributed by atoms with E-state index in [0.717, 1.165) is 62.0 Å². The highest BCUT2D eigenvalue weighted by Gasteiger charge is 2.20. The molecule has 0 aliphatic carbocycles. The van der Waals surface area contributed by atoms with Gasteiger partial charge in [-0.2, -0.15) is 5.10 Å². The van der Waals surface area contributed by atoms with Crippen molar-refractivity contribution in [3.8, 4) is 22.3 Å². The van der Waals surface area contributed by atoms with Crippen LogP contribution in [0.2, 0.25) is 0 Å². The third-order valence-electron chi connectivity index (χ3n) is 4.81. The number of aryl methyl sites for hydroxylation is 5. The predicted molar refractivity (Wildman–Crippen MR) is 97.5 cm³/mol. The maximum atomic E-state index is 5.37. The minimum absolute atomic E-state index is 0.818. The molecule has 3 heterocycles. The summed E-state index contributed by atoms with van der Waals surface area (Å²) in [7, 11) is 1.97. The van der Waals surface area contributed by atoms with Gasteiger partial charge in [0.1, 0.15) is 11.6 Å². The van der Waals surface area contributed by atoms with Crippen LogP contribution >= 0.6 is 0 Å². The third-order valence-corrected chi connectivity index (χ3v) is 4.81. The molecule has 4 rings (SSSR count). The van der Waals surface area contributed by atoms with Crippen molar-refractivity contribution in [2.75, 3.05) is 0 Å². The van der Waals surface area contributed by atoms with E-state index in [2.05, 4.69) is 34.3 Å². The van der Waals surface area contributed by atoms with Crippen LogP contribution in [-0.4, -0.2) is 24.9 Å². The number of imidazole rings is 1. The van der Waals surface area contributed by atoms with Crippen LogP contribution in [0.15, 0.2) is 16.7 Å². The zero-order valence-electron chi connectivity index (χ0n) is 15.4. The number of hydrogen-bond donors (Lipinski definition) is 1. The Morgan fingerprint density at radius 2 is 1.76 bits per heavy atom. The second-order valence-electron chi connectivity index (χ2n) is 6.61. The summed E-state index contributed by atoms with van der Waals surface area (Å²) in [5, 5.41) is 8.68. The average Bonchev–Trinajstić information content (AvgIpc) is 3.15. The van der Waals surface area contributed by atoms with Gasteiger partial charge in [0.05, 0.1) is 22.4 Å². The van der Waals surface area contributed by atoms with E-state index in [1.165, 1.54) is 0 Å². The van der Waals surface area contributed by atoms with E-state index in [9.17, 15) is 0 Å². The lowest BCUT2D eigenvalue weighted by Gasteiger charge is -2.08. The van der Waals surface area contributed by atoms with Gasteiger partial charge < -0.3 is 9.51 Å². The molecular formula is C19H21N5O. The molecule has 0 fully saturated rings. The molecule has 6 heteroatoms. The van der Waals surface area contributed by atoms with Crippen molar-refractivity contribution >= 4 is 11.0 Å². The molecule has 0 amide bonds. The highest BCUT2D eigenvalue weighted by atomic mass is 16.5. The maximum absolute atomic E-state index is 5.37. The van der Waals surface area contributed by atoms with Crippen molar-refractivity contribution in [1.82, 2.24) is 24.9 Å². The van der Waals surface area contributed by atoms with E-state index < -0.39 is 0 Å². The Bertz CT molecular complexity index is 1090. The highest BCUT2D eigenvalue weighted by molar-refractivity contribution is 5.97. The Morgan fingerprint density at radius 3 is 2.36 bits per heavy atom. The molecule has 0 radical (unpaired) electrons. The molecule has 1 N–H and O–H groups in total. The molecule has 0 spiro atoms. The number of hydrogen-bond acceptors (Lipinski definition) is 4. The van der Waals surface area contributed by atoms with Gasteiger partial charge in [0.2, 0.25) is 0 Å². The first-order valence-electron chi connectivity index (χ1n) is 8.31. The Labute approximate surface area is 145 Å². The number of fused-ring (bicyclic) bond motifs is 1. The Hall–Kier alpha value is -2.89. The molecule has 0 saturated carbocycles. The molecule has 3 aromatic heterocycles. The smallest absolute Gasteiger partial charge is 0.141 e. The first kappa shape index (κ1) is 15.6. The largest absolute Gasteiger partial charge is 0.361 e. The van der Waals surface area contributed by atoms with Crippen LogP contribution in [0, 0.1) is 34.6 Å². The first-order chi connectivity index (χ1) is 11.9. The minimum Gasteiger partial charge on any atom is -0.361 e. The summed E-state index contributed by atoms with van der Waals surface area (Å²) >= 11 is 0. The van der Waals surface area contributed by atoms with Gasteiger partial charge in [-0.25, -0.2) is 4.98 Å². The second-order valence-corrected chi connectivity index (χ2v) is 6.61. The third kappa shape index (κ3) is 2.28. The van der Waals surface area contributed by atoms with Gasteiger partial charge in [-0.05, 0) is 52.3 Å². The number of rotatable bonds is 2. The molecule has 1 aromatic carbocycles. The summed E-state index contributed by atoms with van der Waals surface area (Å²) in [4.78, 5) is 8.08. The highest BCUT2D eigenvalue weighted by Crippen LogP contribution is 2.37. The number of nitrogens with zero attached hydrogens (tertiary/aromatic N) is 4. The first-order valence-corrected chi connectivity index (χ1v) is 8.31. The molecule has 0 unspecified atom stereocenters. The second kappa shape index (κ2) is 5.31. The van der Waals surface area contributed by atoms with Gasteiger partial charge >= 0.3 is 0 Å². The van der Waals surface area contributed by atoms with Crippen LogP contribution in [0.3, 0.4) is 0 Å². The van der Waals surface area contributed by atoms with Crippen LogP contribution in [0.1, 0.15) is 28.7 Å². The van der Waals surface area contributed by atoms with E-state index in [1.807, 2.05) is 39.4 Å². The van der Waals surface area contributed by atoms with Crippen LogP contribution in [-0.2, 0) is 7.05 Å². The van der Waals surface area contributed by atoms with Gasteiger partial charge in [-0.3, -0.25) is 4.68 Å². The van der Waals surface area contributed by atoms with Gasteiger partial charge in [0.25, 0.3) is 0 Å². The molecule has 25 heavy (non-hydrogen) atoms. The van der Waals surface area contributed by atoms with Crippen molar-refractivity contribution in [3.05, 3.63) is 40.8 Å². The van der Waals surface area contributed by atoms with E-state index in [-0.39, 0.29) is 0 Å². The SMILES string of the molecule is Cc1nc2c(-c3c(C)nn(C)c3C)cc(-c3c(C)noc3C)cc2[nH]1. The van der Waals surface area contributed by atoms with Crippen molar-refractivity contribution in [2.45, 2.75) is 34.6 Å². The molecular weight excluding hydrogens is 314 g/mol. The molecule has 6 nitrogen and oxygen atoms in total. The van der Waals surface area contributed by atoms with Crippen molar-refractivity contribution in [1.29, 1.82) is 0 Å². The number of H-pyrrole nitrogens is 1. The Kier molecular flexibility index (Phi) is 3.32. The van der Waals surface area contributed by atoms with E-state index in [1.54, 1.807) is 0 Å². The maximum Gasteiger partial charge on any atom is 0.141 e. The lowest BCUT2D eigenvalue weighted by atomic mass is 9.95. The zero-order chi connectivity index (χ0) is 17.9. The van der Waals surface area contributed by atoms with Gasteiger partial charge in [0, 0.05) is 29.4 Å². The summed E-state index contributed by atoms with van der Waals surface area (Å²) in [5.74, 6) is 1.71. The van der Waals surface area contributed by atoms with Crippen LogP contribution < -0.4 is 0 Å². The summed E-state index contributed by atoms with van der Waals surface area (Å²) in [5.41, 5.74) is 9.30. The molecule has 4 aromatic rings. The fraction of sp³-hybridized carbons (Fsp3) is 0.316. The van der Waals surface area contributed by atoms with E-state index in [0.29, 0.717) is 0 Å². The summed E-state index contributed by atoms with van der Waals surface area (Å²) in [6.45, 7) is 10.0. The van der Waals surface area contributed by atoms with Crippen molar-refractivity contribution < 1.29 is 4.52 Å². The van der Waals surface area contributed by atoms with E-state index in [4.69, 9.17) is 9.51 Å².